The Morgan fingerprint density at radius 1 is 1.21 bits per heavy atom. The fourth-order valence-corrected chi connectivity index (χ4v) is 1.94. The van der Waals surface area contributed by atoms with Crippen molar-refractivity contribution in [1.29, 1.82) is 0 Å². The van der Waals surface area contributed by atoms with Crippen LogP contribution in [0, 0.1) is 5.82 Å². The van der Waals surface area contributed by atoms with Crippen LogP contribution in [-0.4, -0.2) is 18.0 Å². The van der Waals surface area contributed by atoms with E-state index in [1.54, 1.807) is 31.4 Å². The minimum absolute atomic E-state index is 0. The standard InChI is InChI=1S/C17H23FN4O.HI/c1-17(2,3)14-10-20-15(23-14)11-22-16(19-4)21-9-12-7-5-6-8-13(12)18;/h5-8,10H,9,11H2,1-4H3,(H2,19,21,22);1H. The SMILES string of the molecule is CN=C(NCc1ncc(C(C)(C)C)o1)NCc1ccccc1F.I. The number of oxazole rings is 1. The summed E-state index contributed by atoms with van der Waals surface area (Å²) < 4.78 is 19.3. The first kappa shape index (κ1) is 20.4. The largest absolute Gasteiger partial charge is 0.443 e. The molecule has 0 aliphatic carbocycles. The predicted octanol–water partition coefficient (Wildman–Crippen LogP) is 3.59. The molecule has 24 heavy (non-hydrogen) atoms. The molecule has 2 aromatic rings. The molecule has 0 atom stereocenters. The maximum atomic E-state index is 13.6. The first-order valence-electron chi connectivity index (χ1n) is 7.53. The molecular formula is C17H24FIN4O. The van der Waals surface area contributed by atoms with E-state index in [1.807, 2.05) is 0 Å². The number of hydrogen-bond acceptors (Lipinski definition) is 3. The lowest BCUT2D eigenvalue weighted by molar-refractivity contribution is 0.379. The molecule has 0 aliphatic heterocycles. The summed E-state index contributed by atoms with van der Waals surface area (Å²) >= 11 is 0. The fourth-order valence-electron chi connectivity index (χ4n) is 1.94. The van der Waals surface area contributed by atoms with Crippen LogP contribution in [0.1, 0.15) is 38.0 Å². The number of rotatable bonds is 4. The van der Waals surface area contributed by atoms with Crippen LogP contribution in [-0.2, 0) is 18.5 Å². The highest BCUT2D eigenvalue weighted by Crippen LogP contribution is 2.22. The van der Waals surface area contributed by atoms with Gasteiger partial charge in [0, 0.05) is 24.6 Å². The first-order chi connectivity index (χ1) is 10.9. The highest BCUT2D eigenvalue weighted by Gasteiger charge is 2.19. The van der Waals surface area contributed by atoms with Crippen molar-refractivity contribution in [2.24, 2.45) is 4.99 Å². The Balaban J connectivity index is 0.00000288. The van der Waals surface area contributed by atoms with Crippen LogP contribution in [0.15, 0.2) is 39.9 Å². The molecule has 132 valence electrons. The smallest absolute Gasteiger partial charge is 0.213 e. The summed E-state index contributed by atoms with van der Waals surface area (Å²) in [5.41, 5.74) is 0.511. The third kappa shape index (κ3) is 5.77. The molecular weight excluding hydrogens is 422 g/mol. The van der Waals surface area contributed by atoms with Crippen molar-refractivity contribution in [3.63, 3.8) is 0 Å². The molecule has 0 saturated heterocycles. The summed E-state index contributed by atoms with van der Waals surface area (Å²) in [6.07, 6.45) is 1.74. The van der Waals surface area contributed by atoms with Crippen molar-refractivity contribution in [1.82, 2.24) is 15.6 Å². The zero-order valence-electron chi connectivity index (χ0n) is 14.4. The Labute approximate surface area is 159 Å². The van der Waals surface area contributed by atoms with E-state index in [4.69, 9.17) is 4.42 Å². The minimum atomic E-state index is -0.238. The van der Waals surface area contributed by atoms with Crippen LogP contribution in [0.4, 0.5) is 4.39 Å². The zero-order chi connectivity index (χ0) is 16.9. The van der Waals surface area contributed by atoms with Gasteiger partial charge in [0.05, 0.1) is 12.7 Å². The fraction of sp³-hybridized carbons (Fsp3) is 0.412. The first-order valence-corrected chi connectivity index (χ1v) is 7.53. The van der Waals surface area contributed by atoms with Crippen molar-refractivity contribution in [2.45, 2.75) is 39.3 Å². The van der Waals surface area contributed by atoms with Gasteiger partial charge >= 0.3 is 0 Å². The maximum Gasteiger partial charge on any atom is 0.213 e. The molecule has 0 saturated carbocycles. The Hall–Kier alpha value is -1.64. The highest BCUT2D eigenvalue weighted by molar-refractivity contribution is 14.0. The molecule has 7 heteroatoms. The van der Waals surface area contributed by atoms with Crippen LogP contribution in [0.5, 0.6) is 0 Å². The van der Waals surface area contributed by atoms with Crippen LogP contribution in [0.25, 0.3) is 0 Å². The topological polar surface area (TPSA) is 62.5 Å². The van der Waals surface area contributed by atoms with E-state index in [2.05, 4.69) is 41.4 Å². The van der Waals surface area contributed by atoms with Crippen molar-refractivity contribution < 1.29 is 8.81 Å². The second-order valence-corrected chi connectivity index (χ2v) is 6.24. The lowest BCUT2D eigenvalue weighted by Gasteiger charge is -2.13. The molecule has 0 radical (unpaired) electrons. The predicted molar refractivity (Wildman–Crippen MR) is 104 cm³/mol. The second kappa shape index (κ2) is 9.00. The van der Waals surface area contributed by atoms with E-state index in [-0.39, 0.29) is 35.2 Å². The van der Waals surface area contributed by atoms with Gasteiger partial charge in [0.15, 0.2) is 5.96 Å². The molecule has 0 spiro atoms. The molecule has 2 rings (SSSR count). The van der Waals surface area contributed by atoms with Crippen LogP contribution >= 0.6 is 24.0 Å². The van der Waals surface area contributed by atoms with Crippen LogP contribution in [0.2, 0.25) is 0 Å². The van der Waals surface area contributed by atoms with Gasteiger partial charge in [0.1, 0.15) is 11.6 Å². The van der Waals surface area contributed by atoms with Gasteiger partial charge in [0.25, 0.3) is 0 Å². The summed E-state index contributed by atoms with van der Waals surface area (Å²) in [5, 5.41) is 6.16. The quantitative estimate of drug-likeness (QED) is 0.428. The van der Waals surface area contributed by atoms with Gasteiger partial charge in [0.2, 0.25) is 5.89 Å². The van der Waals surface area contributed by atoms with E-state index < -0.39 is 0 Å². The molecule has 0 bridgehead atoms. The normalized spacial score (nSPS) is 11.8. The molecule has 0 unspecified atom stereocenters. The lowest BCUT2D eigenvalue weighted by atomic mass is 9.94. The average molecular weight is 446 g/mol. The summed E-state index contributed by atoms with van der Waals surface area (Å²) in [7, 11) is 1.66. The van der Waals surface area contributed by atoms with E-state index >= 15 is 0 Å². The summed E-state index contributed by atoms with van der Waals surface area (Å²) in [6, 6.07) is 6.64. The maximum absolute atomic E-state index is 13.6. The summed E-state index contributed by atoms with van der Waals surface area (Å²) in [5.74, 6) is 1.74. The number of nitrogens with zero attached hydrogens (tertiary/aromatic N) is 2. The molecule has 1 aromatic carbocycles. The number of nitrogens with one attached hydrogen (secondary N) is 2. The molecule has 0 aliphatic rings. The highest BCUT2D eigenvalue weighted by atomic mass is 127. The van der Waals surface area contributed by atoms with Crippen molar-refractivity contribution in [2.75, 3.05) is 7.05 Å². The summed E-state index contributed by atoms with van der Waals surface area (Å²) in [6.45, 7) is 6.97. The number of aromatic nitrogens is 1. The second-order valence-electron chi connectivity index (χ2n) is 6.24. The Morgan fingerprint density at radius 2 is 1.88 bits per heavy atom. The van der Waals surface area contributed by atoms with Gasteiger partial charge in [-0.3, -0.25) is 4.99 Å². The van der Waals surface area contributed by atoms with Gasteiger partial charge in [-0.15, -0.1) is 24.0 Å². The minimum Gasteiger partial charge on any atom is -0.443 e. The summed E-state index contributed by atoms with van der Waals surface area (Å²) in [4.78, 5) is 8.36. The Morgan fingerprint density at radius 3 is 2.46 bits per heavy atom. The number of hydrogen-bond donors (Lipinski definition) is 2. The molecule has 2 N–H and O–H groups in total. The van der Waals surface area contributed by atoms with Gasteiger partial charge in [-0.05, 0) is 6.07 Å². The monoisotopic (exact) mass is 446 g/mol. The van der Waals surface area contributed by atoms with E-state index in [1.165, 1.54) is 6.07 Å². The van der Waals surface area contributed by atoms with Crippen molar-refractivity contribution >= 4 is 29.9 Å². The van der Waals surface area contributed by atoms with Gasteiger partial charge in [-0.2, -0.15) is 0 Å². The Bertz CT molecular complexity index is 679. The van der Waals surface area contributed by atoms with Crippen molar-refractivity contribution in [3.8, 4) is 0 Å². The third-order valence-corrected chi connectivity index (χ3v) is 3.33. The number of guanidine groups is 1. The third-order valence-electron chi connectivity index (χ3n) is 3.33. The number of aliphatic imine (C=N–C) groups is 1. The van der Waals surface area contributed by atoms with Crippen LogP contribution < -0.4 is 10.6 Å². The van der Waals surface area contributed by atoms with E-state index in [0.29, 0.717) is 30.5 Å². The average Bonchev–Trinajstić information content (AvgIpc) is 2.98. The number of halogens is 2. The van der Waals surface area contributed by atoms with Gasteiger partial charge in [-0.25, -0.2) is 9.37 Å². The van der Waals surface area contributed by atoms with Gasteiger partial charge < -0.3 is 15.1 Å². The lowest BCUT2D eigenvalue weighted by Crippen LogP contribution is -2.36. The molecule has 1 heterocycles. The van der Waals surface area contributed by atoms with E-state index in [9.17, 15) is 4.39 Å². The molecule has 1 aromatic heterocycles. The molecule has 5 nitrogen and oxygen atoms in total. The molecule has 0 fully saturated rings. The number of benzene rings is 1. The van der Waals surface area contributed by atoms with Crippen LogP contribution in [0.3, 0.4) is 0 Å². The molecule has 0 amide bonds. The zero-order valence-corrected chi connectivity index (χ0v) is 16.7. The van der Waals surface area contributed by atoms with Gasteiger partial charge in [-0.1, -0.05) is 39.0 Å². The van der Waals surface area contributed by atoms with E-state index in [0.717, 1.165) is 5.76 Å². The van der Waals surface area contributed by atoms with Crippen molar-refractivity contribution in [3.05, 3.63) is 53.5 Å². The Kier molecular flexibility index (Phi) is 7.65.